The van der Waals surface area contributed by atoms with Crippen LogP contribution < -0.4 is 10.2 Å². The fourth-order valence-electron chi connectivity index (χ4n) is 3.27. The lowest BCUT2D eigenvalue weighted by atomic mass is 9.84. The summed E-state index contributed by atoms with van der Waals surface area (Å²) in [5.41, 5.74) is -0.00871. The second-order valence-corrected chi connectivity index (χ2v) is 6.30. The molecule has 1 aromatic rings. The molecule has 0 aliphatic carbocycles. The number of amides is 2. The van der Waals surface area contributed by atoms with Crippen molar-refractivity contribution in [2.75, 3.05) is 13.1 Å². The van der Waals surface area contributed by atoms with Crippen LogP contribution >= 0.6 is 11.6 Å². The Labute approximate surface area is 127 Å². The average molecular weight is 310 g/mol. The van der Waals surface area contributed by atoms with Gasteiger partial charge in [0.2, 0.25) is 5.91 Å². The summed E-state index contributed by atoms with van der Waals surface area (Å²) in [5.74, 6) is -0.386. The Morgan fingerprint density at radius 1 is 1.19 bits per heavy atom. The van der Waals surface area contributed by atoms with Gasteiger partial charge in [0.05, 0.1) is 19.5 Å². The second kappa shape index (κ2) is 5.40. The highest BCUT2D eigenvalue weighted by atomic mass is 35.5. The van der Waals surface area contributed by atoms with Crippen molar-refractivity contribution in [2.45, 2.75) is 30.9 Å². The maximum atomic E-state index is 11.7. The van der Waals surface area contributed by atoms with Crippen LogP contribution in [0.5, 0.6) is 0 Å². The first-order chi connectivity index (χ1) is 9.98. The van der Waals surface area contributed by atoms with E-state index in [1.165, 1.54) is 0 Å². The van der Waals surface area contributed by atoms with E-state index in [2.05, 4.69) is 5.32 Å². The molecule has 21 heavy (non-hydrogen) atoms. The fraction of sp³-hybridized carbons (Fsp3) is 0.467. The summed E-state index contributed by atoms with van der Waals surface area (Å²) in [6.07, 6.45) is 1.40. The molecule has 1 aromatic carbocycles. The van der Waals surface area contributed by atoms with Crippen LogP contribution in [-0.4, -0.2) is 36.1 Å². The Balaban J connectivity index is 1.68. The summed E-state index contributed by atoms with van der Waals surface area (Å²) in [4.78, 5) is 24.1. The lowest BCUT2D eigenvalue weighted by Crippen LogP contribution is -3.18. The number of nitrogens with one attached hydrogen (secondary N) is 2. The highest BCUT2D eigenvalue weighted by molar-refractivity contribution is 6.30. The largest absolute Gasteiger partial charge is 0.385 e. The van der Waals surface area contributed by atoms with Gasteiger partial charge in [-0.05, 0) is 17.7 Å². The molecule has 0 bridgehead atoms. The number of carbonyl (C=O) groups is 2. The third kappa shape index (κ3) is 2.81. The molecule has 0 radical (unpaired) electrons. The van der Waals surface area contributed by atoms with E-state index in [-0.39, 0.29) is 24.3 Å². The first kappa shape index (κ1) is 14.5. The number of hydrogen-bond donors (Lipinski definition) is 3. The van der Waals surface area contributed by atoms with Gasteiger partial charge in [-0.25, -0.2) is 0 Å². The molecule has 5 nitrogen and oxygen atoms in total. The van der Waals surface area contributed by atoms with Crippen LogP contribution in [0.2, 0.25) is 5.02 Å². The van der Waals surface area contributed by atoms with Gasteiger partial charge < -0.3 is 10.0 Å². The van der Waals surface area contributed by atoms with Crippen LogP contribution in [0, 0.1) is 0 Å². The molecular formula is C15H18ClN2O3+. The molecule has 2 aliphatic heterocycles. The van der Waals surface area contributed by atoms with Gasteiger partial charge in [0.25, 0.3) is 5.91 Å². The van der Waals surface area contributed by atoms with Crippen molar-refractivity contribution in [3.63, 3.8) is 0 Å². The Morgan fingerprint density at radius 3 is 2.33 bits per heavy atom. The number of piperidine rings is 1. The van der Waals surface area contributed by atoms with Crippen LogP contribution in [0.3, 0.4) is 0 Å². The van der Waals surface area contributed by atoms with Gasteiger partial charge in [-0.1, -0.05) is 23.7 Å². The number of likely N-dealkylation sites (tertiary alicyclic amines) is 1. The Kier molecular flexibility index (Phi) is 3.73. The quantitative estimate of drug-likeness (QED) is 0.652. The minimum atomic E-state index is -0.868. The molecule has 2 amide bonds. The van der Waals surface area contributed by atoms with Crippen LogP contribution in [0.25, 0.3) is 0 Å². The van der Waals surface area contributed by atoms with E-state index in [1.54, 1.807) is 12.1 Å². The van der Waals surface area contributed by atoms with E-state index in [4.69, 9.17) is 11.6 Å². The van der Waals surface area contributed by atoms with Gasteiger partial charge in [0.1, 0.15) is 5.60 Å². The maximum Gasteiger partial charge on any atom is 0.285 e. The maximum absolute atomic E-state index is 11.7. The molecule has 2 fully saturated rings. The molecule has 6 heteroatoms. The van der Waals surface area contributed by atoms with Crippen LogP contribution in [0.15, 0.2) is 24.3 Å². The van der Waals surface area contributed by atoms with Crippen molar-refractivity contribution in [1.82, 2.24) is 5.32 Å². The minimum Gasteiger partial charge on any atom is -0.385 e. The molecule has 0 aromatic heterocycles. The van der Waals surface area contributed by atoms with Crippen LogP contribution in [0.4, 0.5) is 0 Å². The predicted octanol–water partition coefficient (Wildman–Crippen LogP) is -0.379. The molecule has 0 saturated carbocycles. The average Bonchev–Trinajstić information content (AvgIpc) is 2.79. The molecular weight excluding hydrogens is 292 g/mol. The minimum absolute atomic E-state index is 0.188. The Bertz CT molecular complexity index is 565. The van der Waals surface area contributed by atoms with Crippen molar-refractivity contribution in [2.24, 2.45) is 0 Å². The monoisotopic (exact) mass is 309 g/mol. The zero-order chi connectivity index (χ0) is 15.0. The number of quaternary nitrogens is 1. The Hall–Kier alpha value is -1.43. The molecule has 2 aliphatic rings. The molecule has 2 heterocycles. The fourth-order valence-corrected chi connectivity index (χ4v) is 3.39. The van der Waals surface area contributed by atoms with E-state index in [1.807, 2.05) is 12.1 Å². The lowest BCUT2D eigenvalue weighted by Gasteiger charge is -2.37. The molecule has 0 unspecified atom stereocenters. The topological polar surface area (TPSA) is 70.8 Å². The zero-order valence-electron chi connectivity index (χ0n) is 11.6. The number of imide groups is 1. The Morgan fingerprint density at radius 2 is 1.81 bits per heavy atom. The summed E-state index contributed by atoms with van der Waals surface area (Å²) in [7, 11) is 0. The standard InChI is InChI=1S/C15H17ClN2O3/c16-11-3-1-10(2-4-11)15(21)5-7-18(8-6-15)12-9-13(19)17-14(12)20/h1-4,12,21H,5-9H2,(H,17,19,20)/p+1/t12-/m1/s1. The number of rotatable bonds is 2. The van der Waals surface area contributed by atoms with Gasteiger partial charge >= 0.3 is 0 Å². The predicted molar refractivity (Wildman–Crippen MR) is 76.8 cm³/mol. The summed E-state index contributed by atoms with van der Waals surface area (Å²) in [5, 5.41) is 13.8. The van der Waals surface area contributed by atoms with Gasteiger partial charge in [0, 0.05) is 17.9 Å². The molecule has 2 saturated heterocycles. The van der Waals surface area contributed by atoms with Gasteiger partial charge in [-0.3, -0.25) is 14.9 Å². The molecule has 3 rings (SSSR count). The van der Waals surface area contributed by atoms with Crippen LogP contribution in [0.1, 0.15) is 24.8 Å². The molecule has 0 spiro atoms. The number of aliphatic hydroxyl groups is 1. The summed E-state index contributed by atoms with van der Waals surface area (Å²) in [6, 6.07) is 6.94. The van der Waals surface area contributed by atoms with Crippen molar-refractivity contribution in [1.29, 1.82) is 0 Å². The van der Waals surface area contributed by atoms with Gasteiger partial charge in [-0.15, -0.1) is 0 Å². The normalized spacial score (nSPS) is 33.0. The summed E-state index contributed by atoms with van der Waals surface area (Å²) in [6.45, 7) is 1.34. The van der Waals surface area contributed by atoms with Gasteiger partial charge in [-0.2, -0.15) is 0 Å². The molecule has 1 atom stereocenters. The van der Waals surface area contributed by atoms with E-state index in [0.717, 1.165) is 10.5 Å². The van der Waals surface area contributed by atoms with Gasteiger partial charge in [0.15, 0.2) is 6.04 Å². The van der Waals surface area contributed by atoms with Crippen LogP contribution in [-0.2, 0) is 15.2 Å². The van der Waals surface area contributed by atoms with E-state index in [9.17, 15) is 14.7 Å². The van der Waals surface area contributed by atoms with Crippen molar-refractivity contribution in [3.8, 4) is 0 Å². The zero-order valence-corrected chi connectivity index (χ0v) is 12.3. The van der Waals surface area contributed by atoms with E-state index < -0.39 is 5.60 Å². The molecule has 3 N–H and O–H groups in total. The first-order valence-electron chi connectivity index (χ1n) is 7.15. The summed E-state index contributed by atoms with van der Waals surface area (Å²) < 4.78 is 0. The molecule has 112 valence electrons. The third-order valence-electron chi connectivity index (χ3n) is 4.56. The highest BCUT2D eigenvalue weighted by Crippen LogP contribution is 2.30. The SMILES string of the molecule is O=C1C[C@@H]([NH+]2CCC(O)(c3ccc(Cl)cc3)CC2)C(=O)N1. The highest BCUT2D eigenvalue weighted by Gasteiger charge is 2.44. The van der Waals surface area contributed by atoms with E-state index in [0.29, 0.717) is 31.0 Å². The lowest BCUT2D eigenvalue weighted by molar-refractivity contribution is -0.922. The number of halogens is 1. The van der Waals surface area contributed by atoms with E-state index >= 15 is 0 Å². The number of benzene rings is 1. The number of carbonyl (C=O) groups excluding carboxylic acids is 2. The first-order valence-corrected chi connectivity index (χ1v) is 7.52. The van der Waals surface area contributed by atoms with Crippen molar-refractivity contribution in [3.05, 3.63) is 34.9 Å². The number of hydrogen-bond acceptors (Lipinski definition) is 3. The summed E-state index contributed by atoms with van der Waals surface area (Å²) >= 11 is 5.87. The van der Waals surface area contributed by atoms with Crippen molar-refractivity contribution < 1.29 is 19.6 Å². The third-order valence-corrected chi connectivity index (χ3v) is 4.81. The van der Waals surface area contributed by atoms with Crippen molar-refractivity contribution >= 4 is 23.4 Å². The second-order valence-electron chi connectivity index (χ2n) is 5.87. The smallest absolute Gasteiger partial charge is 0.285 e.